The molecule has 5 nitrogen and oxygen atoms in total. The van der Waals surface area contributed by atoms with Crippen LogP contribution in [0.4, 0.5) is 0 Å². The van der Waals surface area contributed by atoms with Crippen molar-refractivity contribution in [2.45, 2.75) is 31.3 Å². The topological polar surface area (TPSA) is 66.5 Å². The Hall–Kier alpha value is -0.820. The van der Waals surface area contributed by atoms with E-state index < -0.39 is 15.9 Å². The zero-order chi connectivity index (χ0) is 17.3. The largest absolute Gasteiger partial charge is 0.347 e. The molecule has 0 aliphatic carbocycles. The van der Waals surface area contributed by atoms with Crippen molar-refractivity contribution >= 4 is 38.9 Å². The molecule has 0 saturated carbocycles. The number of hydrogen-bond donors (Lipinski definition) is 1. The average molecular weight is 391 g/mol. The Morgan fingerprint density at radius 3 is 2.54 bits per heavy atom. The normalized spacial score (nSPS) is 27.1. The maximum absolute atomic E-state index is 12.5. The van der Waals surface area contributed by atoms with Crippen LogP contribution >= 0.6 is 23.2 Å². The number of sulfone groups is 1. The van der Waals surface area contributed by atoms with E-state index >= 15 is 0 Å². The number of carbonyl (C=O) groups excluding carboxylic acids is 1. The molecule has 0 bridgehead atoms. The van der Waals surface area contributed by atoms with Gasteiger partial charge in [0.25, 0.3) is 5.91 Å². The van der Waals surface area contributed by atoms with Crippen molar-refractivity contribution in [3.63, 3.8) is 0 Å². The number of halogens is 2. The van der Waals surface area contributed by atoms with Crippen LogP contribution in [0.3, 0.4) is 0 Å². The number of rotatable bonds is 3. The van der Waals surface area contributed by atoms with Gasteiger partial charge in [-0.25, -0.2) is 8.42 Å². The minimum absolute atomic E-state index is 0.0297. The molecule has 0 spiro atoms. The smallest absolute Gasteiger partial charge is 0.253 e. The molecule has 0 unspecified atom stereocenters. The van der Waals surface area contributed by atoms with Crippen molar-refractivity contribution in [1.29, 1.82) is 0 Å². The first-order chi connectivity index (χ1) is 11.4. The summed E-state index contributed by atoms with van der Waals surface area (Å²) in [7, 11) is -3.16. The van der Waals surface area contributed by atoms with Crippen LogP contribution in [0, 0.1) is 0 Å². The highest BCUT2D eigenvalue weighted by Gasteiger charge is 2.42. The summed E-state index contributed by atoms with van der Waals surface area (Å²) in [4.78, 5) is 14.7. The molecule has 132 valence electrons. The van der Waals surface area contributed by atoms with Gasteiger partial charge in [0.05, 0.1) is 33.2 Å². The lowest BCUT2D eigenvalue weighted by atomic mass is 10.0. The quantitative estimate of drug-likeness (QED) is 0.859. The van der Waals surface area contributed by atoms with E-state index in [9.17, 15) is 13.2 Å². The van der Waals surface area contributed by atoms with Crippen LogP contribution in [0.25, 0.3) is 0 Å². The van der Waals surface area contributed by atoms with Gasteiger partial charge in [0, 0.05) is 6.04 Å². The number of nitrogens with zero attached hydrogens (tertiary/aromatic N) is 1. The Morgan fingerprint density at radius 1 is 1.12 bits per heavy atom. The Kier molecular flexibility index (Phi) is 5.39. The molecule has 2 atom stereocenters. The van der Waals surface area contributed by atoms with Gasteiger partial charge in [-0.05, 0) is 38.1 Å². The van der Waals surface area contributed by atoms with Crippen molar-refractivity contribution < 1.29 is 13.2 Å². The molecule has 8 heteroatoms. The van der Waals surface area contributed by atoms with Gasteiger partial charge in [0.15, 0.2) is 9.84 Å². The lowest BCUT2D eigenvalue weighted by Crippen LogP contribution is -2.52. The average Bonchev–Trinajstić information content (AvgIpc) is 2.85. The minimum atomic E-state index is -3.16. The van der Waals surface area contributed by atoms with E-state index in [2.05, 4.69) is 10.2 Å². The molecule has 2 aliphatic heterocycles. The highest BCUT2D eigenvalue weighted by Crippen LogP contribution is 2.27. The van der Waals surface area contributed by atoms with Gasteiger partial charge < -0.3 is 5.32 Å². The van der Waals surface area contributed by atoms with Crippen LogP contribution in [0.1, 0.15) is 29.6 Å². The molecule has 0 aromatic heterocycles. The van der Waals surface area contributed by atoms with E-state index in [4.69, 9.17) is 23.2 Å². The van der Waals surface area contributed by atoms with Crippen molar-refractivity contribution in [3.8, 4) is 0 Å². The molecular weight excluding hydrogens is 371 g/mol. The van der Waals surface area contributed by atoms with E-state index in [0.29, 0.717) is 5.02 Å². The van der Waals surface area contributed by atoms with Crippen molar-refractivity contribution in [2.24, 2.45) is 0 Å². The molecule has 1 aromatic carbocycles. The van der Waals surface area contributed by atoms with Crippen LogP contribution in [0.2, 0.25) is 10.0 Å². The summed E-state index contributed by atoms with van der Waals surface area (Å²) in [6.07, 6.45) is 3.31. The summed E-state index contributed by atoms with van der Waals surface area (Å²) in [5.41, 5.74) is 0.269. The van der Waals surface area contributed by atoms with Gasteiger partial charge in [0.2, 0.25) is 0 Å². The highest BCUT2D eigenvalue weighted by molar-refractivity contribution is 7.91. The van der Waals surface area contributed by atoms with Gasteiger partial charge in [-0.1, -0.05) is 35.7 Å². The highest BCUT2D eigenvalue weighted by atomic mass is 35.5. The predicted octanol–water partition coefficient (Wildman–Crippen LogP) is 2.37. The molecule has 2 fully saturated rings. The second-order valence-electron chi connectivity index (χ2n) is 6.42. The monoisotopic (exact) mass is 390 g/mol. The van der Waals surface area contributed by atoms with E-state index in [1.165, 1.54) is 6.42 Å². The van der Waals surface area contributed by atoms with Gasteiger partial charge in [0.1, 0.15) is 0 Å². The molecule has 1 aromatic rings. The van der Waals surface area contributed by atoms with Crippen molar-refractivity contribution in [1.82, 2.24) is 10.2 Å². The SMILES string of the molecule is O=C(N[C@H]1CS(=O)(=O)C[C@H]1N1CCCCC1)c1cccc(Cl)c1Cl. The Labute approximate surface area is 152 Å². The predicted molar refractivity (Wildman–Crippen MR) is 95.6 cm³/mol. The molecule has 3 rings (SSSR count). The molecule has 2 aliphatic rings. The first kappa shape index (κ1) is 18.0. The molecule has 1 N–H and O–H groups in total. The van der Waals surface area contributed by atoms with E-state index in [1.807, 2.05) is 0 Å². The van der Waals surface area contributed by atoms with E-state index in [0.717, 1.165) is 25.9 Å². The molecule has 2 heterocycles. The molecule has 1 amide bonds. The molecule has 0 radical (unpaired) electrons. The zero-order valence-corrected chi connectivity index (χ0v) is 15.5. The van der Waals surface area contributed by atoms with Crippen LogP contribution in [0.5, 0.6) is 0 Å². The minimum Gasteiger partial charge on any atom is -0.347 e. The summed E-state index contributed by atoms with van der Waals surface area (Å²) in [5, 5.41) is 3.35. The standard InChI is InChI=1S/C16H20Cl2N2O3S/c17-12-6-4-5-11(15(12)18)16(21)19-13-9-24(22,23)10-14(13)20-7-2-1-3-8-20/h4-6,13-14H,1-3,7-10H2,(H,19,21)/t13-,14+/m0/s1. The molecule has 24 heavy (non-hydrogen) atoms. The fourth-order valence-electron chi connectivity index (χ4n) is 3.50. The third-order valence-corrected chi connectivity index (χ3v) is 7.23. The number of hydrogen-bond acceptors (Lipinski definition) is 4. The number of amides is 1. The number of nitrogens with one attached hydrogen (secondary N) is 1. The fourth-order valence-corrected chi connectivity index (χ4v) is 5.84. The number of piperidine rings is 1. The van der Waals surface area contributed by atoms with Gasteiger partial charge in [-0.15, -0.1) is 0 Å². The lowest BCUT2D eigenvalue weighted by molar-refractivity contribution is 0.0900. The summed E-state index contributed by atoms with van der Waals surface area (Å²) in [6, 6.07) is 4.25. The molecular formula is C16H20Cl2N2O3S. The van der Waals surface area contributed by atoms with E-state index in [1.54, 1.807) is 18.2 Å². The first-order valence-corrected chi connectivity index (χ1v) is 10.6. The van der Waals surface area contributed by atoms with Crippen molar-refractivity contribution in [2.75, 3.05) is 24.6 Å². The zero-order valence-electron chi connectivity index (χ0n) is 13.2. The number of carbonyl (C=O) groups is 1. The van der Waals surface area contributed by atoms with E-state index in [-0.39, 0.29) is 34.0 Å². The second-order valence-corrected chi connectivity index (χ2v) is 9.36. The second kappa shape index (κ2) is 7.20. The summed E-state index contributed by atoms with van der Waals surface area (Å²) in [5.74, 6) is -0.314. The molecule has 2 saturated heterocycles. The lowest BCUT2D eigenvalue weighted by Gasteiger charge is -2.35. The number of benzene rings is 1. The Morgan fingerprint density at radius 2 is 1.83 bits per heavy atom. The first-order valence-electron chi connectivity index (χ1n) is 8.07. The van der Waals surface area contributed by atoms with Crippen molar-refractivity contribution in [3.05, 3.63) is 33.8 Å². The fraction of sp³-hybridized carbons (Fsp3) is 0.562. The summed E-state index contributed by atoms with van der Waals surface area (Å²) in [6.45, 7) is 1.76. The van der Waals surface area contributed by atoms with Crippen LogP contribution in [0.15, 0.2) is 18.2 Å². The van der Waals surface area contributed by atoms with Gasteiger partial charge >= 0.3 is 0 Å². The van der Waals surface area contributed by atoms with Gasteiger partial charge in [-0.3, -0.25) is 9.69 Å². The third kappa shape index (κ3) is 3.87. The van der Waals surface area contributed by atoms with Gasteiger partial charge in [-0.2, -0.15) is 0 Å². The maximum atomic E-state index is 12.5. The van der Waals surface area contributed by atoms with Crippen LogP contribution in [-0.4, -0.2) is 55.9 Å². The van der Waals surface area contributed by atoms with Crippen LogP contribution in [-0.2, 0) is 9.84 Å². The third-order valence-electron chi connectivity index (χ3n) is 4.70. The van der Waals surface area contributed by atoms with Crippen LogP contribution < -0.4 is 5.32 Å². The maximum Gasteiger partial charge on any atom is 0.253 e. The summed E-state index contributed by atoms with van der Waals surface area (Å²) >= 11 is 12.0. The summed E-state index contributed by atoms with van der Waals surface area (Å²) < 4.78 is 24.2. The Bertz CT molecular complexity index is 733. The Balaban J connectivity index is 1.78. The number of likely N-dealkylation sites (tertiary alicyclic amines) is 1.